The van der Waals surface area contributed by atoms with Crippen LogP contribution in [0.1, 0.15) is 0 Å². The molecule has 0 spiro atoms. The van der Waals surface area contributed by atoms with Gasteiger partial charge in [0.25, 0.3) is 0 Å². The summed E-state index contributed by atoms with van der Waals surface area (Å²) in [5.74, 6) is 0. The van der Waals surface area contributed by atoms with Crippen LogP contribution in [0.4, 0.5) is 0 Å². The topological polar surface area (TPSA) is 27.7 Å². The van der Waals surface area contributed by atoms with Gasteiger partial charge in [-0.1, -0.05) is 145 Å². The molecule has 0 heterocycles. The van der Waals surface area contributed by atoms with Gasteiger partial charge in [-0.3, -0.25) is 0 Å². The molecule has 39 heavy (non-hydrogen) atoms. The number of benzene rings is 4. The van der Waals surface area contributed by atoms with Crippen LogP contribution >= 0.6 is 12.1 Å². The van der Waals surface area contributed by atoms with Crippen LogP contribution in [0.3, 0.4) is 0 Å². The third-order valence-corrected chi connectivity index (χ3v) is 16.3. The average Bonchev–Trinajstić information content (AvgIpc) is 3.01. The van der Waals surface area contributed by atoms with Crippen molar-refractivity contribution in [3.63, 3.8) is 0 Å². The monoisotopic (exact) mass is 594 g/mol. The summed E-state index contributed by atoms with van der Waals surface area (Å²) in [7, 11) is 0. The Labute approximate surface area is 243 Å². The maximum absolute atomic E-state index is 6.26. The van der Waals surface area contributed by atoms with E-state index in [2.05, 4.69) is 97.1 Å². The Balaban J connectivity index is 1.15. The lowest BCUT2D eigenvalue weighted by Gasteiger charge is -2.23. The van der Waals surface area contributed by atoms with Crippen molar-refractivity contribution >= 4 is 56.9 Å². The fourth-order valence-corrected chi connectivity index (χ4v) is 11.3. The SMILES string of the molecule is S=P(CCOCCOCCOCCP(=S)(c1ccccc1)c1ccccc1)(c1ccccc1)c1ccccc1. The second kappa shape index (κ2) is 15.7. The molecule has 0 radical (unpaired) electrons. The Kier molecular flexibility index (Phi) is 12.1. The van der Waals surface area contributed by atoms with E-state index in [4.69, 9.17) is 37.8 Å². The molecule has 3 nitrogen and oxygen atoms in total. The van der Waals surface area contributed by atoms with Gasteiger partial charge in [-0.15, -0.1) is 0 Å². The van der Waals surface area contributed by atoms with Crippen LogP contribution in [0, 0.1) is 0 Å². The molecule has 4 aromatic rings. The van der Waals surface area contributed by atoms with E-state index in [9.17, 15) is 0 Å². The molecule has 0 aliphatic carbocycles. The lowest BCUT2D eigenvalue weighted by Crippen LogP contribution is -2.21. The van der Waals surface area contributed by atoms with Crippen molar-refractivity contribution in [2.75, 3.05) is 52.0 Å². The molecule has 0 fully saturated rings. The number of rotatable bonds is 16. The highest BCUT2D eigenvalue weighted by molar-refractivity contribution is 8.22. The zero-order chi connectivity index (χ0) is 27.2. The Bertz CT molecular complexity index is 1150. The second-order valence-electron chi connectivity index (χ2n) is 9.11. The largest absolute Gasteiger partial charge is 0.379 e. The molecule has 0 saturated carbocycles. The maximum atomic E-state index is 6.26. The third-order valence-electron chi connectivity index (χ3n) is 6.54. The molecular formula is C32H36O3P2S2. The summed E-state index contributed by atoms with van der Waals surface area (Å²) in [5, 5.41) is 4.92. The van der Waals surface area contributed by atoms with Crippen molar-refractivity contribution in [1.29, 1.82) is 0 Å². The first-order valence-corrected chi connectivity index (χ1v) is 19.2. The van der Waals surface area contributed by atoms with Crippen molar-refractivity contribution < 1.29 is 14.2 Å². The minimum atomic E-state index is -1.92. The zero-order valence-electron chi connectivity index (χ0n) is 22.1. The highest BCUT2D eigenvalue weighted by Gasteiger charge is 2.22. The van der Waals surface area contributed by atoms with Crippen LogP contribution in [-0.2, 0) is 37.8 Å². The van der Waals surface area contributed by atoms with E-state index >= 15 is 0 Å². The van der Waals surface area contributed by atoms with Crippen molar-refractivity contribution in [3.8, 4) is 0 Å². The predicted molar refractivity (Wildman–Crippen MR) is 175 cm³/mol. The van der Waals surface area contributed by atoms with Crippen LogP contribution < -0.4 is 21.2 Å². The van der Waals surface area contributed by atoms with Gasteiger partial charge < -0.3 is 14.2 Å². The van der Waals surface area contributed by atoms with Crippen LogP contribution in [-0.4, -0.2) is 52.0 Å². The summed E-state index contributed by atoms with van der Waals surface area (Å²) in [4.78, 5) is 0. The van der Waals surface area contributed by atoms with E-state index in [-0.39, 0.29) is 0 Å². The second-order valence-corrected chi connectivity index (χ2v) is 18.8. The van der Waals surface area contributed by atoms with E-state index < -0.39 is 12.1 Å². The van der Waals surface area contributed by atoms with Gasteiger partial charge in [0, 0.05) is 24.4 Å². The van der Waals surface area contributed by atoms with Crippen molar-refractivity contribution in [2.24, 2.45) is 0 Å². The molecule has 7 heteroatoms. The highest BCUT2D eigenvalue weighted by Crippen LogP contribution is 2.44. The maximum Gasteiger partial charge on any atom is 0.0701 e. The molecule has 0 bridgehead atoms. The van der Waals surface area contributed by atoms with Crippen LogP contribution in [0.15, 0.2) is 121 Å². The summed E-state index contributed by atoms with van der Waals surface area (Å²) >= 11 is 12.5. The van der Waals surface area contributed by atoms with Gasteiger partial charge in [0.15, 0.2) is 0 Å². The standard InChI is InChI=1S/C32H36O3P2S2/c38-36(29-13-5-1-6-14-29,30-15-7-2-8-16-30)27-25-34-23-21-33-22-24-35-26-28-37(39,31-17-9-3-10-18-31)32-19-11-4-12-20-32/h1-20H,21-28H2. The first-order valence-electron chi connectivity index (χ1n) is 13.3. The van der Waals surface area contributed by atoms with Gasteiger partial charge in [-0.2, -0.15) is 0 Å². The molecule has 0 aliphatic rings. The fourth-order valence-electron chi connectivity index (χ4n) is 4.42. The van der Waals surface area contributed by atoms with Gasteiger partial charge in [0.1, 0.15) is 0 Å². The van der Waals surface area contributed by atoms with E-state index in [0.29, 0.717) is 39.6 Å². The van der Waals surface area contributed by atoms with Crippen molar-refractivity contribution in [3.05, 3.63) is 121 Å². The molecule has 0 saturated heterocycles. The molecule has 0 aromatic heterocycles. The molecule has 204 valence electrons. The Morgan fingerprint density at radius 3 is 0.846 bits per heavy atom. The van der Waals surface area contributed by atoms with E-state index in [0.717, 1.165) is 12.3 Å². The minimum absolute atomic E-state index is 0.537. The van der Waals surface area contributed by atoms with Gasteiger partial charge in [0.2, 0.25) is 0 Å². The van der Waals surface area contributed by atoms with Crippen molar-refractivity contribution in [2.45, 2.75) is 0 Å². The van der Waals surface area contributed by atoms with E-state index in [1.165, 1.54) is 21.2 Å². The first kappa shape index (κ1) is 30.0. The van der Waals surface area contributed by atoms with E-state index in [1.807, 2.05) is 24.3 Å². The molecule has 0 atom stereocenters. The summed E-state index contributed by atoms with van der Waals surface area (Å²) in [5.41, 5.74) is 0. The smallest absolute Gasteiger partial charge is 0.0701 e. The van der Waals surface area contributed by atoms with Crippen molar-refractivity contribution in [1.82, 2.24) is 0 Å². The molecule has 0 aliphatic heterocycles. The third kappa shape index (κ3) is 8.52. The highest BCUT2D eigenvalue weighted by atomic mass is 32.4. The zero-order valence-corrected chi connectivity index (χ0v) is 25.6. The van der Waals surface area contributed by atoms with Crippen LogP contribution in [0.5, 0.6) is 0 Å². The number of ether oxygens (including phenoxy) is 3. The van der Waals surface area contributed by atoms with Crippen LogP contribution in [0.2, 0.25) is 0 Å². The van der Waals surface area contributed by atoms with E-state index in [1.54, 1.807) is 0 Å². The lowest BCUT2D eigenvalue weighted by molar-refractivity contribution is 0.0203. The summed E-state index contributed by atoms with van der Waals surface area (Å²) in [6.07, 6.45) is 1.66. The first-order chi connectivity index (χ1) is 19.1. The fraction of sp³-hybridized carbons (Fsp3) is 0.250. The molecule has 0 amide bonds. The van der Waals surface area contributed by atoms with Gasteiger partial charge in [0.05, 0.1) is 39.6 Å². The minimum Gasteiger partial charge on any atom is -0.379 e. The summed E-state index contributed by atoms with van der Waals surface area (Å²) in [6.45, 7) is 3.39. The van der Waals surface area contributed by atoms with Gasteiger partial charge >= 0.3 is 0 Å². The van der Waals surface area contributed by atoms with Crippen LogP contribution in [0.25, 0.3) is 0 Å². The molecule has 4 aromatic carbocycles. The Morgan fingerprint density at radius 2 is 0.590 bits per heavy atom. The molecular weight excluding hydrogens is 558 g/mol. The Hall–Kier alpha value is -1.94. The number of hydrogen-bond donors (Lipinski definition) is 0. The Morgan fingerprint density at radius 1 is 0.359 bits per heavy atom. The number of hydrogen-bond acceptors (Lipinski definition) is 5. The van der Waals surface area contributed by atoms with Gasteiger partial charge in [-0.05, 0) is 21.2 Å². The summed E-state index contributed by atoms with van der Waals surface area (Å²) in [6, 6.07) is 38.0. The molecule has 0 N–H and O–H groups in total. The predicted octanol–water partition coefficient (Wildman–Crippen LogP) is 5.30. The molecule has 4 rings (SSSR count). The summed E-state index contributed by atoms with van der Waals surface area (Å²) < 4.78 is 17.6. The lowest BCUT2D eigenvalue weighted by atomic mass is 10.4. The average molecular weight is 595 g/mol. The molecule has 0 unspecified atom stereocenters. The van der Waals surface area contributed by atoms with Gasteiger partial charge in [-0.25, -0.2) is 0 Å². The quantitative estimate of drug-likeness (QED) is 0.130. The normalized spacial score (nSPS) is 11.9.